The fourth-order valence-corrected chi connectivity index (χ4v) is 0.915. The molecule has 4 nitrogen and oxygen atoms in total. The molecule has 0 unspecified atom stereocenters. The van der Waals surface area contributed by atoms with Gasteiger partial charge in [0.05, 0.1) is 4.88 Å². The van der Waals surface area contributed by atoms with E-state index in [1.165, 1.54) is 11.5 Å². The topological polar surface area (TPSA) is 77.3 Å². The van der Waals surface area contributed by atoms with Gasteiger partial charge in [-0.05, 0) is 17.6 Å². The van der Waals surface area contributed by atoms with Gasteiger partial charge in [0, 0.05) is 6.20 Å². The van der Waals surface area contributed by atoms with Crippen LogP contribution in [0, 0.1) is 0 Å². The monoisotopic (exact) mass is 142 g/mol. The molecule has 0 spiro atoms. The molecule has 0 amide bonds. The third-order valence-corrected chi connectivity index (χ3v) is 1.60. The molecule has 48 valence electrons. The van der Waals surface area contributed by atoms with Gasteiger partial charge in [-0.2, -0.15) is 5.10 Å². The summed E-state index contributed by atoms with van der Waals surface area (Å²) in [5.74, 6) is 5.24. The summed E-state index contributed by atoms with van der Waals surface area (Å²) in [5.41, 5.74) is 5.33. The van der Waals surface area contributed by atoms with Crippen LogP contribution >= 0.6 is 11.5 Å². The van der Waals surface area contributed by atoms with Crippen molar-refractivity contribution in [2.75, 3.05) is 0 Å². The molecule has 0 aliphatic heterocycles. The summed E-state index contributed by atoms with van der Waals surface area (Å²) < 4.78 is 3.82. The lowest BCUT2D eigenvalue weighted by atomic mass is 10.5. The van der Waals surface area contributed by atoms with E-state index in [1.54, 1.807) is 12.3 Å². The number of hydrogen-bond acceptors (Lipinski definition) is 4. The first-order chi connectivity index (χ1) is 4.34. The van der Waals surface area contributed by atoms with E-state index in [4.69, 9.17) is 11.6 Å². The highest BCUT2D eigenvalue weighted by Crippen LogP contribution is 2.01. The minimum atomic E-state index is 0.331. The Morgan fingerprint density at radius 1 is 1.78 bits per heavy atom. The molecule has 1 aromatic heterocycles. The van der Waals surface area contributed by atoms with Crippen molar-refractivity contribution >= 4 is 17.4 Å². The van der Waals surface area contributed by atoms with E-state index in [1.807, 2.05) is 0 Å². The predicted molar refractivity (Wildman–Crippen MR) is 37.0 cm³/mol. The third-order valence-electron chi connectivity index (χ3n) is 0.829. The highest BCUT2D eigenvalue weighted by Gasteiger charge is 1.96. The highest BCUT2D eigenvalue weighted by molar-refractivity contribution is 7.08. The molecule has 4 N–H and O–H groups in total. The summed E-state index contributed by atoms with van der Waals surface area (Å²) in [6, 6.07) is 1.76. The molecule has 5 heteroatoms. The minimum absolute atomic E-state index is 0.331. The van der Waals surface area contributed by atoms with Gasteiger partial charge in [0.15, 0.2) is 5.84 Å². The Morgan fingerprint density at radius 3 is 3.00 bits per heavy atom. The summed E-state index contributed by atoms with van der Waals surface area (Å²) >= 11 is 1.27. The standard InChI is InChI=1S/C4H6N4S/c5-4(8-6)3-1-2-7-9-3/h1-2H,6H2,(H2,5,8). The summed E-state index contributed by atoms with van der Waals surface area (Å²) in [7, 11) is 0. The predicted octanol–water partition coefficient (Wildman–Crippen LogP) is -0.278. The first kappa shape index (κ1) is 6.03. The van der Waals surface area contributed by atoms with E-state index in [9.17, 15) is 0 Å². The van der Waals surface area contributed by atoms with Gasteiger partial charge in [-0.3, -0.25) is 0 Å². The Labute approximate surface area is 56.3 Å². The molecule has 0 fully saturated rings. The van der Waals surface area contributed by atoms with E-state index in [0.717, 1.165) is 4.88 Å². The molecule has 0 aromatic carbocycles. The summed E-state index contributed by atoms with van der Waals surface area (Å²) in [5, 5.41) is 3.30. The largest absolute Gasteiger partial charge is 0.381 e. The zero-order valence-corrected chi connectivity index (χ0v) is 5.43. The second-order valence-electron chi connectivity index (χ2n) is 1.39. The number of amidine groups is 1. The number of hydrazone groups is 1. The average Bonchev–Trinajstić information content (AvgIpc) is 2.37. The van der Waals surface area contributed by atoms with Crippen LogP contribution < -0.4 is 11.6 Å². The van der Waals surface area contributed by atoms with Gasteiger partial charge in [-0.1, -0.05) is 0 Å². The minimum Gasteiger partial charge on any atom is -0.381 e. The van der Waals surface area contributed by atoms with Crippen LogP contribution in [0.2, 0.25) is 0 Å². The first-order valence-electron chi connectivity index (χ1n) is 2.29. The number of rotatable bonds is 1. The normalized spacial score (nSPS) is 11.8. The molecule has 0 atom stereocenters. The van der Waals surface area contributed by atoms with E-state index >= 15 is 0 Å². The Hall–Kier alpha value is -1.10. The van der Waals surface area contributed by atoms with Gasteiger partial charge in [-0.25, -0.2) is 4.37 Å². The van der Waals surface area contributed by atoms with Gasteiger partial charge in [0.1, 0.15) is 0 Å². The molecule has 0 saturated carbocycles. The van der Waals surface area contributed by atoms with Crippen molar-refractivity contribution in [2.45, 2.75) is 0 Å². The number of nitrogens with two attached hydrogens (primary N) is 2. The Morgan fingerprint density at radius 2 is 2.56 bits per heavy atom. The van der Waals surface area contributed by atoms with Gasteiger partial charge in [0.25, 0.3) is 0 Å². The van der Waals surface area contributed by atoms with Crippen molar-refractivity contribution < 1.29 is 0 Å². The van der Waals surface area contributed by atoms with Crippen molar-refractivity contribution in [1.29, 1.82) is 0 Å². The maximum absolute atomic E-state index is 5.33. The van der Waals surface area contributed by atoms with Crippen LogP contribution in [0.4, 0.5) is 0 Å². The summed E-state index contributed by atoms with van der Waals surface area (Å²) in [4.78, 5) is 0.803. The summed E-state index contributed by atoms with van der Waals surface area (Å²) in [6.07, 6.45) is 1.65. The molecule has 1 rings (SSSR count). The molecule has 0 saturated heterocycles. The number of nitrogens with zero attached hydrogens (tertiary/aromatic N) is 2. The van der Waals surface area contributed by atoms with Crippen LogP contribution in [0.15, 0.2) is 17.4 Å². The van der Waals surface area contributed by atoms with Gasteiger partial charge in [0.2, 0.25) is 0 Å². The van der Waals surface area contributed by atoms with Crippen LogP contribution in [0.1, 0.15) is 4.88 Å². The average molecular weight is 142 g/mol. The van der Waals surface area contributed by atoms with Crippen LogP contribution in [0.5, 0.6) is 0 Å². The van der Waals surface area contributed by atoms with Crippen LogP contribution in [-0.2, 0) is 0 Å². The van der Waals surface area contributed by atoms with E-state index in [-0.39, 0.29) is 0 Å². The second-order valence-corrected chi connectivity index (χ2v) is 2.22. The molecule has 1 heterocycles. The van der Waals surface area contributed by atoms with Crippen LogP contribution in [0.3, 0.4) is 0 Å². The van der Waals surface area contributed by atoms with Gasteiger partial charge >= 0.3 is 0 Å². The van der Waals surface area contributed by atoms with Crippen molar-refractivity contribution in [1.82, 2.24) is 4.37 Å². The van der Waals surface area contributed by atoms with E-state index in [0.29, 0.717) is 5.84 Å². The Balaban J connectivity index is 2.90. The summed E-state index contributed by atoms with van der Waals surface area (Å²) in [6.45, 7) is 0. The lowest BCUT2D eigenvalue weighted by Crippen LogP contribution is -2.13. The quantitative estimate of drug-likeness (QED) is 0.245. The number of hydrogen-bond donors (Lipinski definition) is 2. The molecule has 1 aromatic rings. The first-order valence-corrected chi connectivity index (χ1v) is 3.06. The molecule has 0 aliphatic rings. The molecule has 0 aliphatic carbocycles. The van der Waals surface area contributed by atoms with E-state index in [2.05, 4.69) is 9.47 Å². The van der Waals surface area contributed by atoms with Crippen LogP contribution in [0.25, 0.3) is 0 Å². The maximum atomic E-state index is 5.33. The second kappa shape index (κ2) is 2.45. The highest BCUT2D eigenvalue weighted by atomic mass is 32.1. The van der Waals surface area contributed by atoms with Crippen molar-refractivity contribution in [2.24, 2.45) is 16.7 Å². The maximum Gasteiger partial charge on any atom is 0.162 e. The van der Waals surface area contributed by atoms with Crippen LogP contribution in [-0.4, -0.2) is 10.2 Å². The van der Waals surface area contributed by atoms with E-state index < -0.39 is 0 Å². The zero-order valence-electron chi connectivity index (χ0n) is 4.61. The fourth-order valence-electron chi connectivity index (χ4n) is 0.412. The van der Waals surface area contributed by atoms with Gasteiger partial charge < -0.3 is 11.6 Å². The third kappa shape index (κ3) is 1.17. The molecule has 9 heavy (non-hydrogen) atoms. The SMILES string of the molecule is N/N=C(\N)c1ccns1. The lowest BCUT2D eigenvalue weighted by Gasteiger charge is -1.87. The lowest BCUT2D eigenvalue weighted by molar-refractivity contribution is 1.23. The molecular weight excluding hydrogens is 136 g/mol. The molecular formula is C4H6N4S. The smallest absolute Gasteiger partial charge is 0.162 e. The molecule has 0 bridgehead atoms. The van der Waals surface area contributed by atoms with Crippen molar-refractivity contribution in [3.63, 3.8) is 0 Å². The van der Waals surface area contributed by atoms with Crippen molar-refractivity contribution in [3.05, 3.63) is 17.1 Å². The zero-order chi connectivity index (χ0) is 6.69. The van der Waals surface area contributed by atoms with Crippen molar-refractivity contribution in [3.8, 4) is 0 Å². The fraction of sp³-hybridized carbons (Fsp3) is 0. The Bertz CT molecular complexity index is 202. The molecule has 0 radical (unpaired) electrons. The Kier molecular flexibility index (Phi) is 1.64. The van der Waals surface area contributed by atoms with Gasteiger partial charge in [-0.15, -0.1) is 0 Å². The number of aromatic nitrogens is 1.